The SMILES string of the molecule is CNC(=S)NCCCC(C)c1csc(NC(=N)N)n1. The molecule has 0 aliphatic carbocycles. The molecule has 1 unspecified atom stereocenters. The molecule has 19 heavy (non-hydrogen) atoms. The largest absolute Gasteiger partial charge is 0.370 e. The van der Waals surface area contributed by atoms with Crippen LogP contribution in [-0.2, 0) is 0 Å². The summed E-state index contributed by atoms with van der Waals surface area (Å²) in [5.41, 5.74) is 6.29. The molecule has 106 valence electrons. The third-order valence-electron chi connectivity index (χ3n) is 2.59. The predicted octanol–water partition coefficient (Wildman–Crippen LogP) is 1.43. The lowest BCUT2D eigenvalue weighted by Gasteiger charge is -2.10. The van der Waals surface area contributed by atoms with Crippen molar-refractivity contribution >= 4 is 39.8 Å². The molecule has 6 nitrogen and oxygen atoms in total. The normalized spacial score (nSPS) is 11.7. The highest BCUT2D eigenvalue weighted by atomic mass is 32.1. The van der Waals surface area contributed by atoms with Gasteiger partial charge in [-0.25, -0.2) is 4.98 Å². The first-order valence-corrected chi connectivity index (χ1v) is 7.33. The Morgan fingerprint density at radius 2 is 2.37 bits per heavy atom. The molecule has 0 saturated heterocycles. The third-order valence-corrected chi connectivity index (χ3v) is 3.72. The third kappa shape index (κ3) is 5.84. The Morgan fingerprint density at radius 3 is 3.00 bits per heavy atom. The van der Waals surface area contributed by atoms with Gasteiger partial charge in [0.25, 0.3) is 0 Å². The molecular weight excluding hydrogens is 280 g/mol. The summed E-state index contributed by atoms with van der Waals surface area (Å²) in [4.78, 5) is 4.41. The van der Waals surface area contributed by atoms with Gasteiger partial charge in [-0.15, -0.1) is 11.3 Å². The van der Waals surface area contributed by atoms with Crippen molar-refractivity contribution in [2.75, 3.05) is 18.9 Å². The van der Waals surface area contributed by atoms with Crippen LogP contribution in [-0.4, -0.2) is 29.6 Å². The summed E-state index contributed by atoms with van der Waals surface area (Å²) >= 11 is 6.46. The van der Waals surface area contributed by atoms with Crippen LogP contribution >= 0.6 is 23.6 Å². The van der Waals surface area contributed by atoms with Gasteiger partial charge in [0, 0.05) is 19.0 Å². The molecule has 0 saturated carbocycles. The van der Waals surface area contributed by atoms with E-state index in [9.17, 15) is 0 Å². The van der Waals surface area contributed by atoms with Crippen molar-refractivity contribution in [1.82, 2.24) is 15.6 Å². The Balaban J connectivity index is 2.32. The van der Waals surface area contributed by atoms with Crippen molar-refractivity contribution in [3.05, 3.63) is 11.1 Å². The van der Waals surface area contributed by atoms with Crippen molar-refractivity contribution in [1.29, 1.82) is 5.41 Å². The zero-order valence-electron chi connectivity index (χ0n) is 11.1. The quantitative estimate of drug-likeness (QED) is 0.236. The monoisotopic (exact) mass is 300 g/mol. The second-order valence-electron chi connectivity index (χ2n) is 4.17. The van der Waals surface area contributed by atoms with Crippen LogP contribution in [0.1, 0.15) is 31.4 Å². The number of nitrogens with zero attached hydrogens (tertiary/aromatic N) is 1. The van der Waals surface area contributed by atoms with Crippen LogP contribution in [0.25, 0.3) is 0 Å². The molecule has 1 atom stereocenters. The van der Waals surface area contributed by atoms with Gasteiger partial charge in [-0.05, 0) is 31.0 Å². The number of thiocarbonyl (C=S) groups is 1. The fourth-order valence-electron chi connectivity index (χ4n) is 1.53. The van der Waals surface area contributed by atoms with E-state index in [1.807, 2.05) is 5.38 Å². The van der Waals surface area contributed by atoms with Gasteiger partial charge >= 0.3 is 0 Å². The Hall–Kier alpha value is -1.41. The second-order valence-corrected chi connectivity index (χ2v) is 5.43. The number of anilines is 1. The van der Waals surface area contributed by atoms with E-state index in [4.69, 9.17) is 23.4 Å². The number of hydrogen-bond donors (Lipinski definition) is 5. The first kappa shape index (κ1) is 15.6. The molecular formula is C11H20N6S2. The highest BCUT2D eigenvalue weighted by Gasteiger charge is 2.10. The van der Waals surface area contributed by atoms with Gasteiger partial charge in [0.2, 0.25) is 0 Å². The Labute approximate surface area is 122 Å². The molecule has 0 amide bonds. The molecule has 0 aliphatic heterocycles. The predicted molar refractivity (Wildman–Crippen MR) is 85.0 cm³/mol. The van der Waals surface area contributed by atoms with Crippen LogP contribution in [0.2, 0.25) is 0 Å². The number of nitrogens with one attached hydrogen (secondary N) is 4. The lowest BCUT2D eigenvalue weighted by molar-refractivity contribution is 0.613. The van der Waals surface area contributed by atoms with Gasteiger partial charge in [-0.2, -0.15) is 0 Å². The number of guanidine groups is 1. The van der Waals surface area contributed by atoms with Gasteiger partial charge in [-0.3, -0.25) is 5.41 Å². The summed E-state index contributed by atoms with van der Waals surface area (Å²) in [5, 5.41) is 19.2. The zero-order chi connectivity index (χ0) is 14.3. The smallest absolute Gasteiger partial charge is 0.192 e. The van der Waals surface area contributed by atoms with Crippen LogP contribution < -0.4 is 21.7 Å². The van der Waals surface area contributed by atoms with Crippen LogP contribution in [0.3, 0.4) is 0 Å². The molecule has 1 aromatic rings. The van der Waals surface area contributed by atoms with Crippen molar-refractivity contribution < 1.29 is 0 Å². The van der Waals surface area contributed by atoms with Gasteiger partial charge < -0.3 is 21.7 Å². The molecule has 0 radical (unpaired) electrons. The van der Waals surface area contributed by atoms with E-state index in [0.717, 1.165) is 25.1 Å². The number of nitrogens with two attached hydrogens (primary N) is 1. The van der Waals surface area contributed by atoms with E-state index < -0.39 is 0 Å². The Morgan fingerprint density at radius 1 is 1.63 bits per heavy atom. The number of rotatable bonds is 6. The molecule has 8 heteroatoms. The minimum absolute atomic E-state index is 0.0849. The van der Waals surface area contributed by atoms with Gasteiger partial charge in [0.05, 0.1) is 5.69 Å². The maximum Gasteiger partial charge on any atom is 0.192 e. The Bertz CT molecular complexity index is 431. The molecule has 1 heterocycles. The lowest BCUT2D eigenvalue weighted by atomic mass is 10.0. The molecule has 0 bridgehead atoms. The minimum atomic E-state index is -0.0849. The van der Waals surface area contributed by atoms with E-state index in [1.165, 1.54) is 11.3 Å². The molecule has 1 aromatic heterocycles. The van der Waals surface area contributed by atoms with Crippen molar-refractivity contribution in [3.8, 4) is 0 Å². The van der Waals surface area contributed by atoms with Crippen LogP contribution in [0.15, 0.2) is 5.38 Å². The summed E-state index contributed by atoms with van der Waals surface area (Å²) in [6, 6.07) is 0. The first-order chi connectivity index (χ1) is 9.02. The van der Waals surface area contributed by atoms with Gasteiger partial charge in [0.1, 0.15) is 0 Å². The number of thiazole rings is 1. The van der Waals surface area contributed by atoms with E-state index in [-0.39, 0.29) is 5.96 Å². The molecule has 6 N–H and O–H groups in total. The van der Waals surface area contributed by atoms with Crippen molar-refractivity contribution in [3.63, 3.8) is 0 Å². The second kappa shape index (κ2) is 7.90. The maximum absolute atomic E-state index is 7.15. The van der Waals surface area contributed by atoms with E-state index in [2.05, 4.69) is 27.9 Å². The highest BCUT2D eigenvalue weighted by Crippen LogP contribution is 2.24. The summed E-state index contributed by atoms with van der Waals surface area (Å²) in [5.74, 6) is 0.294. The number of aromatic nitrogens is 1. The lowest BCUT2D eigenvalue weighted by Crippen LogP contribution is -2.33. The molecule has 0 fully saturated rings. The standard InChI is InChI=1S/C11H20N6S2/c1-7(4-3-5-15-10(18)14-2)8-6-19-11(16-8)17-9(12)13/h6-7H,3-5H2,1-2H3,(H2,14,15,18)(H4,12,13,16,17). The van der Waals surface area contributed by atoms with Crippen molar-refractivity contribution in [2.24, 2.45) is 5.73 Å². The molecule has 1 rings (SSSR count). The van der Waals surface area contributed by atoms with E-state index in [0.29, 0.717) is 16.2 Å². The highest BCUT2D eigenvalue weighted by molar-refractivity contribution is 7.80. The van der Waals surface area contributed by atoms with Gasteiger partial charge in [0.15, 0.2) is 16.2 Å². The average Bonchev–Trinajstić information content (AvgIpc) is 2.81. The van der Waals surface area contributed by atoms with Crippen LogP contribution in [0, 0.1) is 5.41 Å². The van der Waals surface area contributed by atoms with E-state index in [1.54, 1.807) is 7.05 Å². The van der Waals surface area contributed by atoms with Gasteiger partial charge in [-0.1, -0.05) is 6.92 Å². The molecule has 0 spiro atoms. The summed E-state index contributed by atoms with van der Waals surface area (Å²) in [6.45, 7) is 3.00. The fourth-order valence-corrected chi connectivity index (χ4v) is 2.48. The minimum Gasteiger partial charge on any atom is -0.370 e. The average molecular weight is 300 g/mol. The summed E-state index contributed by atoms with van der Waals surface area (Å²) in [7, 11) is 1.80. The first-order valence-electron chi connectivity index (χ1n) is 6.05. The number of hydrogen-bond acceptors (Lipinski definition) is 4. The summed E-state index contributed by atoms with van der Waals surface area (Å²) < 4.78 is 0. The van der Waals surface area contributed by atoms with Crippen LogP contribution in [0.4, 0.5) is 5.13 Å². The zero-order valence-corrected chi connectivity index (χ0v) is 12.8. The fraction of sp³-hybridized carbons (Fsp3) is 0.545. The van der Waals surface area contributed by atoms with E-state index >= 15 is 0 Å². The van der Waals surface area contributed by atoms with Crippen molar-refractivity contribution in [2.45, 2.75) is 25.7 Å². The topological polar surface area (TPSA) is 98.8 Å². The maximum atomic E-state index is 7.15. The molecule has 0 aliphatic rings. The Kier molecular flexibility index (Phi) is 6.51. The summed E-state index contributed by atoms with van der Waals surface area (Å²) in [6.07, 6.45) is 2.05. The molecule has 0 aromatic carbocycles. The van der Waals surface area contributed by atoms with Crippen LogP contribution in [0.5, 0.6) is 0 Å².